The Balaban J connectivity index is 2.25. The summed E-state index contributed by atoms with van der Waals surface area (Å²) < 4.78 is 23.3. The van der Waals surface area contributed by atoms with Gasteiger partial charge in [0.25, 0.3) is 0 Å². The third-order valence-corrected chi connectivity index (χ3v) is 6.05. The van der Waals surface area contributed by atoms with Gasteiger partial charge >= 0.3 is 5.97 Å². The Kier molecular flexibility index (Phi) is 3.35. The van der Waals surface area contributed by atoms with Crippen LogP contribution in [0, 0.1) is 5.41 Å². The number of amides is 1. The summed E-state index contributed by atoms with van der Waals surface area (Å²) >= 11 is 1.47. The molecular weight excluding hydrogens is 278 g/mol. The van der Waals surface area contributed by atoms with Crippen LogP contribution in [0.3, 0.4) is 0 Å². The SMILES string of the molecule is CS(=O)(=O)C1CSCCN1C(=O)C1(C(=O)O)CC1. The van der Waals surface area contributed by atoms with Crippen LogP contribution < -0.4 is 0 Å². The first-order valence-electron chi connectivity index (χ1n) is 5.60. The zero-order chi connectivity index (χ0) is 13.6. The van der Waals surface area contributed by atoms with Gasteiger partial charge in [-0.15, -0.1) is 0 Å². The second kappa shape index (κ2) is 4.41. The molecule has 102 valence electrons. The molecular formula is C10H15NO5S2. The minimum atomic E-state index is -3.39. The van der Waals surface area contributed by atoms with Gasteiger partial charge in [0, 0.05) is 24.3 Å². The molecule has 1 unspecified atom stereocenters. The number of carbonyl (C=O) groups is 2. The van der Waals surface area contributed by atoms with Crippen molar-refractivity contribution in [3.63, 3.8) is 0 Å². The molecule has 1 aliphatic heterocycles. The largest absolute Gasteiger partial charge is 0.480 e. The van der Waals surface area contributed by atoms with Gasteiger partial charge in [-0.25, -0.2) is 8.42 Å². The fourth-order valence-electron chi connectivity index (χ4n) is 2.09. The van der Waals surface area contributed by atoms with Gasteiger partial charge in [0.2, 0.25) is 5.91 Å². The predicted octanol–water partition coefficient (Wildman–Crippen LogP) is -0.203. The highest BCUT2D eigenvalue weighted by molar-refractivity contribution is 8.00. The van der Waals surface area contributed by atoms with Crippen molar-refractivity contribution >= 4 is 33.5 Å². The molecule has 1 N–H and O–H groups in total. The van der Waals surface area contributed by atoms with Crippen LogP contribution in [-0.4, -0.2) is 60.0 Å². The average molecular weight is 293 g/mol. The highest BCUT2D eigenvalue weighted by Crippen LogP contribution is 2.48. The van der Waals surface area contributed by atoms with E-state index in [4.69, 9.17) is 5.11 Å². The van der Waals surface area contributed by atoms with Crippen LogP contribution in [0.1, 0.15) is 12.8 Å². The molecule has 1 amide bonds. The Morgan fingerprint density at radius 3 is 2.44 bits per heavy atom. The van der Waals surface area contributed by atoms with Gasteiger partial charge in [-0.1, -0.05) is 0 Å². The molecule has 1 atom stereocenters. The molecule has 0 aromatic carbocycles. The number of hydrogen-bond acceptors (Lipinski definition) is 5. The lowest BCUT2D eigenvalue weighted by Crippen LogP contribution is -2.53. The molecule has 1 aliphatic carbocycles. The molecule has 1 heterocycles. The lowest BCUT2D eigenvalue weighted by atomic mass is 10.1. The highest BCUT2D eigenvalue weighted by Gasteiger charge is 2.60. The van der Waals surface area contributed by atoms with Crippen molar-refractivity contribution in [2.75, 3.05) is 24.3 Å². The van der Waals surface area contributed by atoms with Crippen molar-refractivity contribution in [2.24, 2.45) is 5.41 Å². The maximum Gasteiger partial charge on any atom is 0.319 e. The van der Waals surface area contributed by atoms with E-state index in [1.807, 2.05) is 0 Å². The van der Waals surface area contributed by atoms with E-state index in [2.05, 4.69) is 0 Å². The summed E-state index contributed by atoms with van der Waals surface area (Å²) in [4.78, 5) is 24.6. The molecule has 0 radical (unpaired) electrons. The van der Waals surface area contributed by atoms with Gasteiger partial charge in [0.15, 0.2) is 9.84 Å². The smallest absolute Gasteiger partial charge is 0.319 e. The summed E-state index contributed by atoms with van der Waals surface area (Å²) in [6, 6.07) is 0. The fraction of sp³-hybridized carbons (Fsp3) is 0.800. The van der Waals surface area contributed by atoms with E-state index >= 15 is 0 Å². The second-order valence-corrected chi connectivity index (χ2v) is 8.10. The summed E-state index contributed by atoms with van der Waals surface area (Å²) in [5, 5.41) is 8.20. The molecule has 2 rings (SSSR count). The third kappa shape index (κ3) is 2.23. The molecule has 2 fully saturated rings. The molecule has 6 nitrogen and oxygen atoms in total. The van der Waals surface area contributed by atoms with Crippen molar-refractivity contribution < 1.29 is 23.1 Å². The van der Waals surface area contributed by atoms with Gasteiger partial charge in [-0.2, -0.15) is 11.8 Å². The van der Waals surface area contributed by atoms with E-state index in [0.29, 0.717) is 30.9 Å². The molecule has 1 saturated heterocycles. The van der Waals surface area contributed by atoms with Crippen molar-refractivity contribution in [3.8, 4) is 0 Å². The Morgan fingerprint density at radius 1 is 1.39 bits per heavy atom. The summed E-state index contributed by atoms with van der Waals surface area (Å²) in [5.74, 6) is -0.711. The van der Waals surface area contributed by atoms with Crippen LogP contribution >= 0.6 is 11.8 Å². The number of carboxylic acids is 1. The van der Waals surface area contributed by atoms with Crippen molar-refractivity contribution in [1.82, 2.24) is 4.90 Å². The predicted molar refractivity (Wildman–Crippen MR) is 67.0 cm³/mol. The Bertz CT molecular complexity index is 482. The van der Waals surface area contributed by atoms with Gasteiger partial charge in [-0.3, -0.25) is 9.59 Å². The molecule has 0 bridgehead atoms. The monoisotopic (exact) mass is 293 g/mol. The maximum absolute atomic E-state index is 12.3. The topological polar surface area (TPSA) is 91.8 Å². The van der Waals surface area contributed by atoms with E-state index in [0.717, 1.165) is 6.26 Å². The first-order valence-corrected chi connectivity index (χ1v) is 8.71. The molecule has 8 heteroatoms. The normalized spacial score (nSPS) is 26.7. The minimum Gasteiger partial charge on any atom is -0.480 e. The quantitative estimate of drug-likeness (QED) is 0.724. The van der Waals surface area contributed by atoms with Crippen LogP contribution in [0.4, 0.5) is 0 Å². The summed E-state index contributed by atoms with van der Waals surface area (Å²) in [5.41, 5.74) is -1.36. The Hall–Kier alpha value is -0.760. The van der Waals surface area contributed by atoms with Gasteiger partial charge in [0.1, 0.15) is 10.8 Å². The van der Waals surface area contributed by atoms with Crippen LogP contribution in [-0.2, 0) is 19.4 Å². The first kappa shape index (κ1) is 13.7. The molecule has 18 heavy (non-hydrogen) atoms. The number of nitrogens with zero attached hydrogens (tertiary/aromatic N) is 1. The van der Waals surface area contributed by atoms with E-state index in [9.17, 15) is 18.0 Å². The number of rotatable bonds is 3. The standard InChI is InChI=1S/C10H15NO5S2/c1-18(15,16)7-6-17-5-4-11(7)8(12)10(2-3-10)9(13)14/h7H,2-6H2,1H3,(H,13,14). The van der Waals surface area contributed by atoms with Crippen molar-refractivity contribution in [1.29, 1.82) is 0 Å². The van der Waals surface area contributed by atoms with Gasteiger partial charge in [0.05, 0.1) is 0 Å². The van der Waals surface area contributed by atoms with E-state index < -0.39 is 32.5 Å². The molecule has 0 aromatic rings. The first-order chi connectivity index (χ1) is 8.29. The Labute approximate surface area is 110 Å². The van der Waals surface area contributed by atoms with Crippen LogP contribution in [0.5, 0.6) is 0 Å². The van der Waals surface area contributed by atoms with E-state index in [1.165, 1.54) is 16.7 Å². The van der Waals surface area contributed by atoms with E-state index in [1.54, 1.807) is 0 Å². The van der Waals surface area contributed by atoms with Crippen LogP contribution in [0.2, 0.25) is 0 Å². The number of thioether (sulfide) groups is 1. The number of carbonyl (C=O) groups excluding carboxylic acids is 1. The number of hydrogen-bond donors (Lipinski definition) is 1. The van der Waals surface area contributed by atoms with Gasteiger partial charge < -0.3 is 10.0 Å². The second-order valence-electron chi connectivity index (χ2n) is 4.74. The zero-order valence-electron chi connectivity index (χ0n) is 9.96. The van der Waals surface area contributed by atoms with E-state index in [-0.39, 0.29) is 0 Å². The minimum absolute atomic E-state index is 0.302. The summed E-state index contributed by atoms with van der Waals surface area (Å²) in [7, 11) is -3.39. The fourth-order valence-corrected chi connectivity index (χ4v) is 4.90. The Morgan fingerprint density at radius 2 is 2.00 bits per heavy atom. The summed E-state index contributed by atoms with van der Waals surface area (Å²) in [6.07, 6.45) is 1.70. The number of carboxylic acid groups (broad SMARTS) is 1. The lowest BCUT2D eigenvalue weighted by Gasteiger charge is -2.35. The molecule has 0 spiro atoms. The average Bonchev–Trinajstić information content (AvgIpc) is 3.08. The zero-order valence-corrected chi connectivity index (χ0v) is 11.6. The maximum atomic E-state index is 12.3. The van der Waals surface area contributed by atoms with Gasteiger partial charge in [-0.05, 0) is 12.8 Å². The van der Waals surface area contributed by atoms with Crippen LogP contribution in [0.25, 0.3) is 0 Å². The highest BCUT2D eigenvalue weighted by atomic mass is 32.2. The lowest BCUT2D eigenvalue weighted by molar-refractivity contribution is -0.153. The summed E-state index contributed by atoms with van der Waals surface area (Å²) in [6.45, 7) is 0.302. The molecule has 1 saturated carbocycles. The third-order valence-electron chi connectivity index (χ3n) is 3.41. The van der Waals surface area contributed by atoms with Crippen molar-refractivity contribution in [3.05, 3.63) is 0 Å². The van der Waals surface area contributed by atoms with Crippen LogP contribution in [0.15, 0.2) is 0 Å². The van der Waals surface area contributed by atoms with Crippen molar-refractivity contribution in [2.45, 2.75) is 18.2 Å². The number of sulfone groups is 1. The molecule has 0 aromatic heterocycles. The molecule has 2 aliphatic rings. The number of aliphatic carboxylic acids is 1.